The van der Waals surface area contributed by atoms with Crippen LogP contribution in [0, 0.1) is 0 Å². The molecule has 8 nitrogen and oxygen atoms in total. The number of para-hydroxylation sites is 1. The molecule has 0 aliphatic carbocycles. The number of benzene rings is 1. The Morgan fingerprint density at radius 2 is 1.84 bits per heavy atom. The Balaban J connectivity index is 2.14. The Kier molecular flexibility index (Phi) is 6.13. The Hall–Kier alpha value is -2.87. The van der Waals surface area contributed by atoms with Crippen LogP contribution in [0.1, 0.15) is 16.1 Å². The van der Waals surface area contributed by atoms with Crippen molar-refractivity contribution < 1.29 is 14.3 Å². The number of hydrogen-bond donors (Lipinski definition) is 1. The lowest BCUT2D eigenvalue weighted by molar-refractivity contribution is 0.0942. The quantitative estimate of drug-likeness (QED) is 0.714. The molecule has 8 heteroatoms. The van der Waals surface area contributed by atoms with E-state index in [1.807, 2.05) is 0 Å². The van der Waals surface area contributed by atoms with Gasteiger partial charge in [0, 0.05) is 33.0 Å². The third-order valence-electron chi connectivity index (χ3n) is 3.73. The maximum Gasteiger partial charge on any atom is 0.330 e. The van der Waals surface area contributed by atoms with Gasteiger partial charge in [-0.05, 0) is 12.1 Å². The molecule has 25 heavy (non-hydrogen) atoms. The Morgan fingerprint density at radius 3 is 2.56 bits per heavy atom. The largest absolute Gasteiger partial charge is 0.490 e. The van der Waals surface area contributed by atoms with E-state index in [0.29, 0.717) is 30.2 Å². The average Bonchev–Trinajstić information content (AvgIpc) is 2.62. The van der Waals surface area contributed by atoms with Crippen molar-refractivity contribution in [3.05, 3.63) is 62.4 Å². The van der Waals surface area contributed by atoms with Gasteiger partial charge in [0.25, 0.3) is 11.5 Å². The lowest BCUT2D eigenvalue weighted by atomic mass is 10.2. The van der Waals surface area contributed by atoms with Gasteiger partial charge in [0.1, 0.15) is 12.4 Å². The van der Waals surface area contributed by atoms with Crippen molar-refractivity contribution >= 4 is 5.91 Å². The lowest BCUT2D eigenvalue weighted by Gasteiger charge is -2.13. The number of aromatic nitrogens is 2. The molecule has 2 aromatic rings. The molecule has 1 amide bonds. The maximum atomic E-state index is 12.4. The van der Waals surface area contributed by atoms with Gasteiger partial charge >= 0.3 is 5.69 Å². The van der Waals surface area contributed by atoms with Crippen LogP contribution in [0.4, 0.5) is 0 Å². The minimum atomic E-state index is -0.444. The van der Waals surface area contributed by atoms with E-state index in [4.69, 9.17) is 9.47 Å². The first kappa shape index (κ1) is 18.5. The zero-order valence-electron chi connectivity index (χ0n) is 14.4. The summed E-state index contributed by atoms with van der Waals surface area (Å²) in [6.45, 7) is 0.780. The van der Waals surface area contributed by atoms with Crippen molar-refractivity contribution in [3.8, 4) is 5.75 Å². The second-order valence-corrected chi connectivity index (χ2v) is 5.39. The number of rotatable bonds is 7. The van der Waals surface area contributed by atoms with Crippen LogP contribution >= 0.6 is 0 Å². The minimum Gasteiger partial charge on any atom is -0.490 e. The first-order valence-electron chi connectivity index (χ1n) is 7.70. The summed E-state index contributed by atoms with van der Waals surface area (Å²) in [5.41, 5.74) is -0.0811. The second kappa shape index (κ2) is 8.29. The normalized spacial score (nSPS) is 10.5. The van der Waals surface area contributed by atoms with E-state index < -0.39 is 11.2 Å². The van der Waals surface area contributed by atoms with Crippen LogP contribution < -0.4 is 21.3 Å². The zero-order valence-corrected chi connectivity index (χ0v) is 14.4. The van der Waals surface area contributed by atoms with Gasteiger partial charge in [0.15, 0.2) is 0 Å². The van der Waals surface area contributed by atoms with Crippen LogP contribution in [-0.2, 0) is 25.4 Å². The van der Waals surface area contributed by atoms with Gasteiger partial charge in [-0.25, -0.2) is 4.79 Å². The number of hydrogen-bond acceptors (Lipinski definition) is 5. The van der Waals surface area contributed by atoms with Crippen LogP contribution in [-0.4, -0.2) is 35.4 Å². The fourth-order valence-corrected chi connectivity index (χ4v) is 2.23. The first-order valence-corrected chi connectivity index (χ1v) is 7.70. The van der Waals surface area contributed by atoms with Gasteiger partial charge in [0.05, 0.1) is 18.7 Å². The van der Waals surface area contributed by atoms with Crippen molar-refractivity contribution in [2.45, 2.75) is 6.54 Å². The molecule has 0 fully saturated rings. The predicted molar refractivity (Wildman–Crippen MR) is 91.9 cm³/mol. The van der Waals surface area contributed by atoms with Crippen molar-refractivity contribution in [3.63, 3.8) is 0 Å². The number of methoxy groups -OCH3 is 1. The van der Waals surface area contributed by atoms with Gasteiger partial charge in [-0.3, -0.25) is 18.7 Å². The molecule has 0 aliphatic heterocycles. The molecule has 0 saturated heterocycles. The molecule has 0 aliphatic rings. The smallest absolute Gasteiger partial charge is 0.330 e. The van der Waals surface area contributed by atoms with Gasteiger partial charge in [-0.2, -0.15) is 0 Å². The van der Waals surface area contributed by atoms with Gasteiger partial charge in [-0.1, -0.05) is 12.1 Å². The highest BCUT2D eigenvalue weighted by Crippen LogP contribution is 2.17. The van der Waals surface area contributed by atoms with Crippen molar-refractivity contribution in [2.75, 3.05) is 20.3 Å². The Labute approximate surface area is 144 Å². The van der Waals surface area contributed by atoms with Crippen molar-refractivity contribution in [2.24, 2.45) is 14.1 Å². The molecule has 1 heterocycles. The van der Waals surface area contributed by atoms with Gasteiger partial charge in [0.2, 0.25) is 0 Å². The molecule has 2 rings (SSSR count). The van der Waals surface area contributed by atoms with E-state index in [9.17, 15) is 14.4 Å². The number of amides is 1. The molecule has 134 valence electrons. The SMILES string of the molecule is COCCOc1ccccc1C(=O)NCc1cc(=O)n(C)c(=O)n1C. The standard InChI is InChI=1S/C17H21N3O5/c1-19-12(10-15(21)20(2)17(19)23)11-18-16(22)13-6-4-5-7-14(13)25-9-8-24-3/h4-7,10H,8-9,11H2,1-3H3,(H,18,22). The van der Waals surface area contributed by atoms with E-state index in [1.54, 1.807) is 38.4 Å². The minimum absolute atomic E-state index is 0.0487. The Bertz CT molecular complexity index is 869. The fraction of sp³-hybridized carbons (Fsp3) is 0.353. The van der Waals surface area contributed by atoms with E-state index in [0.717, 1.165) is 4.57 Å². The highest BCUT2D eigenvalue weighted by Gasteiger charge is 2.13. The molecule has 1 N–H and O–H groups in total. The summed E-state index contributed by atoms with van der Waals surface area (Å²) in [6, 6.07) is 8.15. The lowest BCUT2D eigenvalue weighted by Crippen LogP contribution is -2.39. The summed E-state index contributed by atoms with van der Waals surface area (Å²) in [7, 11) is 4.52. The maximum absolute atomic E-state index is 12.4. The number of ether oxygens (including phenoxy) is 2. The monoisotopic (exact) mass is 347 g/mol. The average molecular weight is 347 g/mol. The summed E-state index contributed by atoms with van der Waals surface area (Å²) in [4.78, 5) is 36.1. The Morgan fingerprint density at radius 1 is 1.12 bits per heavy atom. The topological polar surface area (TPSA) is 91.6 Å². The third kappa shape index (κ3) is 4.36. The van der Waals surface area contributed by atoms with E-state index in [1.165, 1.54) is 17.7 Å². The number of nitrogens with zero attached hydrogens (tertiary/aromatic N) is 2. The van der Waals surface area contributed by atoms with E-state index >= 15 is 0 Å². The first-order chi connectivity index (χ1) is 12.0. The van der Waals surface area contributed by atoms with Crippen LogP contribution in [0.5, 0.6) is 5.75 Å². The summed E-state index contributed by atoms with van der Waals surface area (Å²) in [6.07, 6.45) is 0. The second-order valence-electron chi connectivity index (χ2n) is 5.39. The van der Waals surface area contributed by atoms with E-state index in [-0.39, 0.29) is 12.5 Å². The summed E-state index contributed by atoms with van der Waals surface area (Å²) >= 11 is 0. The molecule has 0 saturated carbocycles. The molecule has 1 aromatic heterocycles. The third-order valence-corrected chi connectivity index (χ3v) is 3.73. The zero-order chi connectivity index (χ0) is 18.4. The van der Waals surface area contributed by atoms with Gasteiger partial charge < -0.3 is 14.8 Å². The molecule has 0 unspecified atom stereocenters. The summed E-state index contributed by atoms with van der Waals surface area (Å²) in [5, 5.41) is 2.70. The number of carbonyl (C=O) groups excluding carboxylic acids is 1. The van der Waals surface area contributed by atoms with Crippen LogP contribution in [0.3, 0.4) is 0 Å². The molecule has 0 bridgehead atoms. The number of carbonyl (C=O) groups is 1. The molecular weight excluding hydrogens is 326 g/mol. The molecular formula is C17H21N3O5. The highest BCUT2D eigenvalue weighted by molar-refractivity contribution is 5.96. The summed E-state index contributed by atoms with van der Waals surface area (Å²) < 4.78 is 12.8. The molecule has 0 radical (unpaired) electrons. The van der Waals surface area contributed by atoms with Crippen LogP contribution in [0.25, 0.3) is 0 Å². The molecule has 0 atom stereocenters. The van der Waals surface area contributed by atoms with Crippen molar-refractivity contribution in [1.82, 2.24) is 14.5 Å². The van der Waals surface area contributed by atoms with E-state index in [2.05, 4.69) is 5.32 Å². The van der Waals surface area contributed by atoms with Crippen molar-refractivity contribution in [1.29, 1.82) is 0 Å². The fourth-order valence-electron chi connectivity index (χ4n) is 2.23. The van der Waals surface area contributed by atoms with Crippen LogP contribution in [0.15, 0.2) is 39.9 Å². The number of nitrogens with one attached hydrogen (secondary N) is 1. The summed E-state index contributed by atoms with van der Waals surface area (Å²) in [5.74, 6) is 0.0797. The molecule has 0 spiro atoms. The molecule has 1 aromatic carbocycles. The predicted octanol–water partition coefficient (Wildman–Crippen LogP) is 0.0392. The highest BCUT2D eigenvalue weighted by atomic mass is 16.5. The van der Waals surface area contributed by atoms with Crippen LogP contribution in [0.2, 0.25) is 0 Å². The van der Waals surface area contributed by atoms with Gasteiger partial charge in [-0.15, -0.1) is 0 Å².